The number of pyridine rings is 2. The van der Waals surface area contributed by atoms with Crippen molar-refractivity contribution in [1.29, 1.82) is 0 Å². The Labute approximate surface area is 171 Å². The molecule has 0 spiro atoms. The third-order valence-electron chi connectivity index (χ3n) is 5.18. The number of fused-ring (bicyclic) bond motifs is 3. The molecule has 0 aliphatic carbocycles. The van der Waals surface area contributed by atoms with E-state index < -0.39 is 0 Å². The van der Waals surface area contributed by atoms with Gasteiger partial charge in [0, 0.05) is 22.2 Å². The molecule has 0 unspecified atom stereocenters. The first-order valence-electron chi connectivity index (χ1n) is 9.53. The molecule has 29 heavy (non-hydrogen) atoms. The van der Waals surface area contributed by atoms with Gasteiger partial charge in [-0.3, -0.25) is 9.97 Å². The van der Waals surface area contributed by atoms with E-state index >= 15 is 0 Å². The summed E-state index contributed by atoms with van der Waals surface area (Å²) in [7, 11) is 0. The molecule has 5 aromatic rings. The second-order valence-electron chi connectivity index (χ2n) is 7.21. The highest BCUT2D eigenvalue weighted by Crippen LogP contribution is 2.36. The molecule has 2 aromatic heterocycles. The van der Waals surface area contributed by atoms with Crippen molar-refractivity contribution in [3.05, 3.63) is 96.3 Å². The zero-order valence-corrected chi connectivity index (χ0v) is 16.0. The van der Waals surface area contributed by atoms with Crippen LogP contribution in [0.1, 0.15) is 18.8 Å². The van der Waals surface area contributed by atoms with Gasteiger partial charge in [-0.1, -0.05) is 80.2 Å². The van der Waals surface area contributed by atoms with Crippen molar-refractivity contribution < 1.29 is 0 Å². The fourth-order valence-electron chi connectivity index (χ4n) is 3.94. The van der Waals surface area contributed by atoms with Crippen LogP contribution in [-0.2, 0) is 0 Å². The van der Waals surface area contributed by atoms with E-state index in [1.54, 1.807) is 0 Å². The van der Waals surface area contributed by atoms with E-state index in [4.69, 9.17) is 9.97 Å². The summed E-state index contributed by atoms with van der Waals surface area (Å²) in [6.07, 6.45) is 0. The lowest BCUT2D eigenvalue weighted by molar-refractivity contribution is 1.23. The van der Waals surface area contributed by atoms with E-state index in [-0.39, 0.29) is 7.43 Å². The van der Waals surface area contributed by atoms with Gasteiger partial charge in [0.2, 0.25) is 0 Å². The van der Waals surface area contributed by atoms with E-state index in [2.05, 4.69) is 86.6 Å². The Balaban J connectivity index is 0.00000205. The van der Waals surface area contributed by atoms with E-state index in [0.717, 1.165) is 33.2 Å². The van der Waals surface area contributed by atoms with Crippen LogP contribution in [0.5, 0.6) is 0 Å². The maximum atomic E-state index is 4.90. The van der Waals surface area contributed by atoms with Gasteiger partial charge >= 0.3 is 0 Å². The van der Waals surface area contributed by atoms with Gasteiger partial charge in [-0.2, -0.15) is 0 Å². The summed E-state index contributed by atoms with van der Waals surface area (Å²) in [6, 6.07) is 29.7. The molecule has 2 nitrogen and oxygen atoms in total. The van der Waals surface area contributed by atoms with Gasteiger partial charge in [-0.05, 0) is 48.2 Å². The molecule has 142 valence electrons. The number of aryl methyl sites for hydroxylation is 2. The highest BCUT2D eigenvalue weighted by molar-refractivity contribution is 6.12. The summed E-state index contributed by atoms with van der Waals surface area (Å²) >= 11 is 0. The molecule has 0 N–H and O–H groups in total. The van der Waals surface area contributed by atoms with E-state index in [1.165, 1.54) is 22.3 Å². The Hall–Kier alpha value is -3.52. The molecule has 0 radical (unpaired) electrons. The molecule has 0 amide bonds. The summed E-state index contributed by atoms with van der Waals surface area (Å²) in [4.78, 5) is 9.81. The van der Waals surface area contributed by atoms with Crippen LogP contribution in [0.2, 0.25) is 0 Å². The van der Waals surface area contributed by atoms with Crippen molar-refractivity contribution in [2.24, 2.45) is 0 Å². The minimum Gasteiger partial charge on any atom is -0.251 e. The number of aromatic nitrogens is 2. The molecule has 3 aromatic carbocycles. The number of hydrogen-bond acceptors (Lipinski definition) is 2. The van der Waals surface area contributed by atoms with Gasteiger partial charge in [0.25, 0.3) is 0 Å². The molecule has 0 aliphatic rings. The van der Waals surface area contributed by atoms with Gasteiger partial charge in [-0.15, -0.1) is 0 Å². The second kappa shape index (κ2) is 7.48. The largest absolute Gasteiger partial charge is 0.251 e. The number of benzene rings is 3. The lowest BCUT2D eigenvalue weighted by Crippen LogP contribution is -1.94. The number of rotatable bonds is 2. The van der Waals surface area contributed by atoms with Gasteiger partial charge < -0.3 is 0 Å². The summed E-state index contributed by atoms with van der Waals surface area (Å²) in [6.45, 7) is 4.11. The molecule has 5 rings (SSSR count). The van der Waals surface area contributed by atoms with E-state index in [0.29, 0.717) is 0 Å². The standard InChI is InChI=1S/C26H20N2.CH4/c1-17-15-23(19-9-5-3-6-10-19)21-13-14-22-24(20-11-7-4-8-12-20)16-18(2)28-26(22)25(21)27-17;/h3-16H,1-2H3;1H4. The van der Waals surface area contributed by atoms with E-state index in [9.17, 15) is 0 Å². The molecule has 0 fully saturated rings. The molecular weight excluding hydrogens is 352 g/mol. The van der Waals surface area contributed by atoms with Crippen molar-refractivity contribution in [1.82, 2.24) is 9.97 Å². The van der Waals surface area contributed by atoms with Crippen LogP contribution in [-0.4, -0.2) is 9.97 Å². The monoisotopic (exact) mass is 376 g/mol. The van der Waals surface area contributed by atoms with Gasteiger partial charge in [0.05, 0.1) is 11.0 Å². The normalized spacial score (nSPS) is 10.8. The van der Waals surface area contributed by atoms with Crippen LogP contribution in [0, 0.1) is 13.8 Å². The average molecular weight is 377 g/mol. The summed E-state index contributed by atoms with van der Waals surface area (Å²) in [5.41, 5.74) is 8.76. The van der Waals surface area contributed by atoms with Gasteiger partial charge in [-0.25, -0.2) is 0 Å². The minimum absolute atomic E-state index is 0. The first kappa shape index (κ1) is 18.8. The summed E-state index contributed by atoms with van der Waals surface area (Å²) in [5, 5.41) is 2.28. The topological polar surface area (TPSA) is 25.8 Å². The summed E-state index contributed by atoms with van der Waals surface area (Å²) in [5.74, 6) is 0. The maximum absolute atomic E-state index is 4.90. The third-order valence-corrected chi connectivity index (χ3v) is 5.18. The fraction of sp³-hybridized carbons (Fsp3) is 0.111. The highest BCUT2D eigenvalue weighted by Gasteiger charge is 2.13. The second-order valence-corrected chi connectivity index (χ2v) is 7.21. The lowest BCUT2D eigenvalue weighted by Gasteiger charge is -2.13. The Morgan fingerprint density at radius 3 is 1.28 bits per heavy atom. The number of hydrogen-bond donors (Lipinski definition) is 0. The van der Waals surface area contributed by atoms with Crippen molar-refractivity contribution >= 4 is 21.8 Å². The molecule has 2 heteroatoms. The smallest absolute Gasteiger partial charge is 0.0974 e. The Kier molecular flexibility index (Phi) is 4.85. The zero-order valence-electron chi connectivity index (χ0n) is 16.0. The van der Waals surface area contributed by atoms with Crippen LogP contribution >= 0.6 is 0 Å². The zero-order chi connectivity index (χ0) is 19.1. The van der Waals surface area contributed by atoms with Crippen molar-refractivity contribution in [3.8, 4) is 22.3 Å². The molecule has 0 bridgehead atoms. The average Bonchev–Trinajstić information content (AvgIpc) is 2.74. The number of nitrogens with zero attached hydrogens (tertiary/aromatic N) is 2. The van der Waals surface area contributed by atoms with Crippen LogP contribution in [0.4, 0.5) is 0 Å². The molecule has 0 atom stereocenters. The van der Waals surface area contributed by atoms with Crippen molar-refractivity contribution in [3.63, 3.8) is 0 Å². The predicted molar refractivity (Wildman–Crippen MR) is 124 cm³/mol. The van der Waals surface area contributed by atoms with Crippen LogP contribution in [0.25, 0.3) is 44.1 Å². The van der Waals surface area contributed by atoms with Crippen molar-refractivity contribution in [2.75, 3.05) is 0 Å². The molecule has 0 saturated heterocycles. The first-order valence-corrected chi connectivity index (χ1v) is 9.53. The Morgan fingerprint density at radius 2 is 0.897 bits per heavy atom. The van der Waals surface area contributed by atoms with Crippen LogP contribution < -0.4 is 0 Å². The Bertz CT molecular complexity index is 1200. The minimum atomic E-state index is 0. The molecule has 0 saturated carbocycles. The molecule has 2 heterocycles. The highest BCUT2D eigenvalue weighted by atomic mass is 14.8. The van der Waals surface area contributed by atoms with Crippen molar-refractivity contribution in [2.45, 2.75) is 21.3 Å². The van der Waals surface area contributed by atoms with Crippen LogP contribution in [0.15, 0.2) is 84.9 Å². The fourth-order valence-corrected chi connectivity index (χ4v) is 3.94. The maximum Gasteiger partial charge on any atom is 0.0974 e. The van der Waals surface area contributed by atoms with Gasteiger partial charge in [0.1, 0.15) is 0 Å². The van der Waals surface area contributed by atoms with Crippen LogP contribution in [0.3, 0.4) is 0 Å². The lowest BCUT2D eigenvalue weighted by atomic mass is 9.95. The quantitative estimate of drug-likeness (QED) is 0.301. The predicted octanol–water partition coefficient (Wildman–Crippen LogP) is 7.37. The first-order chi connectivity index (χ1) is 13.7. The summed E-state index contributed by atoms with van der Waals surface area (Å²) < 4.78 is 0. The van der Waals surface area contributed by atoms with E-state index in [1.807, 2.05) is 12.1 Å². The molecular formula is C27H24N2. The third kappa shape index (κ3) is 3.27. The SMILES string of the molecule is C.Cc1cc(-c2ccccc2)c2ccc3c(-c4ccccc4)cc(C)nc3c2n1. The Morgan fingerprint density at radius 1 is 0.517 bits per heavy atom. The van der Waals surface area contributed by atoms with Gasteiger partial charge in [0.15, 0.2) is 0 Å². The molecule has 0 aliphatic heterocycles.